The van der Waals surface area contributed by atoms with E-state index in [0.717, 1.165) is 29.2 Å². The number of likely N-dealkylation sites (tertiary alicyclic amines) is 1. The number of aryl methyl sites for hydroxylation is 1. The van der Waals surface area contributed by atoms with E-state index in [0.29, 0.717) is 24.2 Å². The molecule has 37 heavy (non-hydrogen) atoms. The number of amides is 2. The molecule has 0 spiro atoms. The molecule has 194 valence electrons. The first-order valence-electron chi connectivity index (χ1n) is 11.8. The lowest BCUT2D eigenvalue weighted by atomic mass is 10.0. The van der Waals surface area contributed by atoms with Crippen LogP contribution in [0.1, 0.15) is 35.0 Å². The van der Waals surface area contributed by atoms with E-state index in [9.17, 15) is 23.1 Å². The minimum Gasteiger partial charge on any atom is -0.483 e. The molecular formula is C25H25F3N6O3. The summed E-state index contributed by atoms with van der Waals surface area (Å²) in [6, 6.07) is 3.54. The van der Waals surface area contributed by atoms with Crippen LogP contribution in [0, 0.1) is 31.3 Å². The number of carbonyl (C=O) groups excluding carboxylic acids is 1. The Morgan fingerprint density at radius 2 is 1.86 bits per heavy atom. The van der Waals surface area contributed by atoms with Crippen molar-refractivity contribution in [3.8, 4) is 11.6 Å². The molecule has 4 heterocycles. The van der Waals surface area contributed by atoms with Crippen LogP contribution in [0.4, 0.5) is 18.0 Å². The van der Waals surface area contributed by atoms with Crippen molar-refractivity contribution in [3.63, 3.8) is 0 Å². The highest BCUT2D eigenvalue weighted by Crippen LogP contribution is 2.32. The number of hydrazone groups is 1. The highest BCUT2D eigenvalue weighted by Gasteiger charge is 2.39. The van der Waals surface area contributed by atoms with Gasteiger partial charge < -0.3 is 14.7 Å². The van der Waals surface area contributed by atoms with Gasteiger partial charge in [0.25, 0.3) is 0 Å². The number of halogens is 3. The number of rotatable bonds is 6. The van der Waals surface area contributed by atoms with Crippen molar-refractivity contribution in [2.24, 2.45) is 5.10 Å². The van der Waals surface area contributed by atoms with E-state index in [1.165, 1.54) is 34.3 Å². The largest absolute Gasteiger partial charge is 0.483 e. The molecule has 12 heteroatoms. The molecule has 0 aliphatic carbocycles. The van der Waals surface area contributed by atoms with Crippen LogP contribution in [0.3, 0.4) is 0 Å². The molecule has 1 atom stereocenters. The summed E-state index contributed by atoms with van der Waals surface area (Å²) in [6.07, 6.45) is 2.90. The van der Waals surface area contributed by atoms with Crippen LogP contribution in [0.25, 0.3) is 5.82 Å². The number of hydrogen-bond donors (Lipinski definition) is 1. The van der Waals surface area contributed by atoms with Gasteiger partial charge in [-0.1, -0.05) is 0 Å². The topological polar surface area (TPSA) is 96.1 Å². The molecule has 3 aromatic rings. The van der Waals surface area contributed by atoms with Crippen molar-refractivity contribution in [2.75, 3.05) is 19.7 Å². The van der Waals surface area contributed by atoms with Gasteiger partial charge in [-0.25, -0.2) is 32.6 Å². The van der Waals surface area contributed by atoms with Gasteiger partial charge in [-0.3, -0.25) is 0 Å². The van der Waals surface area contributed by atoms with Gasteiger partial charge >= 0.3 is 6.03 Å². The number of ether oxygens (including phenoxy) is 1. The first kappa shape index (κ1) is 24.8. The van der Waals surface area contributed by atoms with E-state index < -0.39 is 35.6 Å². The summed E-state index contributed by atoms with van der Waals surface area (Å²) in [4.78, 5) is 18.6. The molecule has 1 saturated heterocycles. The lowest BCUT2D eigenvalue weighted by molar-refractivity contribution is 0.0256. The minimum absolute atomic E-state index is 0.0158. The van der Waals surface area contributed by atoms with Gasteiger partial charge in [-0.2, -0.15) is 10.2 Å². The number of carbonyl (C=O) groups is 1. The predicted molar refractivity (Wildman–Crippen MR) is 127 cm³/mol. The maximum absolute atomic E-state index is 14.5. The summed E-state index contributed by atoms with van der Waals surface area (Å²) in [7, 11) is 0. The van der Waals surface area contributed by atoms with Crippen molar-refractivity contribution >= 4 is 12.2 Å². The number of aliphatic hydroxyl groups is 1. The van der Waals surface area contributed by atoms with Gasteiger partial charge in [0.05, 0.1) is 31.0 Å². The van der Waals surface area contributed by atoms with Crippen molar-refractivity contribution in [1.82, 2.24) is 24.7 Å². The molecule has 2 aliphatic heterocycles. The van der Waals surface area contributed by atoms with Gasteiger partial charge in [0.1, 0.15) is 17.7 Å². The van der Waals surface area contributed by atoms with E-state index in [-0.39, 0.29) is 25.4 Å². The van der Waals surface area contributed by atoms with E-state index >= 15 is 0 Å². The maximum atomic E-state index is 14.5. The van der Waals surface area contributed by atoms with Gasteiger partial charge in [-0.15, -0.1) is 0 Å². The Morgan fingerprint density at radius 3 is 2.57 bits per heavy atom. The Labute approximate surface area is 210 Å². The van der Waals surface area contributed by atoms with Crippen LogP contribution >= 0.6 is 0 Å². The molecule has 1 fully saturated rings. The number of aromatic nitrogens is 3. The van der Waals surface area contributed by atoms with Crippen LogP contribution in [0.15, 0.2) is 35.6 Å². The van der Waals surface area contributed by atoms with Crippen molar-refractivity contribution < 1.29 is 27.8 Å². The molecule has 0 radical (unpaired) electrons. The molecule has 9 nitrogen and oxygen atoms in total. The van der Waals surface area contributed by atoms with E-state index in [4.69, 9.17) is 4.74 Å². The van der Waals surface area contributed by atoms with Gasteiger partial charge in [0.15, 0.2) is 17.4 Å². The molecular weight excluding hydrogens is 489 g/mol. The highest BCUT2D eigenvalue weighted by molar-refractivity contribution is 5.79. The van der Waals surface area contributed by atoms with E-state index in [1.54, 1.807) is 4.68 Å². The third-order valence-corrected chi connectivity index (χ3v) is 6.53. The molecule has 1 aromatic carbocycles. The fraction of sp³-hybridized carbons (Fsp3) is 0.360. The molecule has 2 aromatic heterocycles. The maximum Gasteiger partial charge on any atom is 0.341 e. The molecule has 2 aliphatic rings. The number of pyridine rings is 1. The van der Waals surface area contributed by atoms with Crippen molar-refractivity contribution in [3.05, 3.63) is 70.4 Å². The zero-order chi connectivity index (χ0) is 26.3. The van der Waals surface area contributed by atoms with Crippen LogP contribution in [0.5, 0.6) is 5.75 Å². The number of hydrogen-bond acceptors (Lipinski definition) is 6. The summed E-state index contributed by atoms with van der Waals surface area (Å²) < 4.78 is 49.3. The summed E-state index contributed by atoms with van der Waals surface area (Å²) in [5.74, 6) is -1.76. The first-order chi connectivity index (χ1) is 17.7. The van der Waals surface area contributed by atoms with Gasteiger partial charge in [0, 0.05) is 37.1 Å². The van der Waals surface area contributed by atoms with Crippen LogP contribution in [0.2, 0.25) is 0 Å². The van der Waals surface area contributed by atoms with Crippen molar-refractivity contribution in [1.29, 1.82) is 0 Å². The fourth-order valence-electron chi connectivity index (χ4n) is 4.62. The minimum atomic E-state index is -0.726. The second-order valence-electron chi connectivity index (χ2n) is 9.03. The monoisotopic (exact) mass is 514 g/mol. The molecule has 2 amide bonds. The zero-order valence-corrected chi connectivity index (χ0v) is 20.2. The summed E-state index contributed by atoms with van der Waals surface area (Å²) in [6.45, 7) is 4.03. The third-order valence-electron chi connectivity index (χ3n) is 6.53. The van der Waals surface area contributed by atoms with Gasteiger partial charge in [0.2, 0.25) is 0 Å². The van der Waals surface area contributed by atoms with E-state index in [1.807, 2.05) is 13.8 Å². The Hall–Kier alpha value is -3.93. The number of aliphatic hydroxyl groups excluding tert-OH is 1. The normalized spacial score (nSPS) is 17.4. The standard InChI is InChI=1S/C25H25F3N6O3/c1-14-20(4-6-35)15(2)33(31-14)24-10-23(21(28)11-29-24)37-19-12-32(13-19)25(36)34-22(3-5-30-34)16-7-17(26)9-18(27)8-16/h5,7-11,19,22,35H,3-4,6,12-13H2,1-2H3. The average molecular weight is 515 g/mol. The Balaban J connectivity index is 1.25. The smallest absolute Gasteiger partial charge is 0.341 e. The number of benzene rings is 1. The fourth-order valence-corrected chi connectivity index (χ4v) is 4.62. The number of urea groups is 1. The molecule has 1 N–H and O–H groups in total. The second-order valence-corrected chi connectivity index (χ2v) is 9.03. The predicted octanol–water partition coefficient (Wildman–Crippen LogP) is 3.45. The first-order valence-corrected chi connectivity index (χ1v) is 11.8. The number of nitrogens with zero attached hydrogens (tertiary/aromatic N) is 6. The van der Waals surface area contributed by atoms with E-state index in [2.05, 4.69) is 15.2 Å². The lowest BCUT2D eigenvalue weighted by Crippen LogP contribution is -2.58. The van der Waals surface area contributed by atoms with Crippen LogP contribution < -0.4 is 4.74 Å². The van der Waals surface area contributed by atoms with Crippen LogP contribution in [-0.4, -0.2) is 67.8 Å². The Kier molecular flexibility index (Phi) is 6.59. The van der Waals surface area contributed by atoms with Crippen molar-refractivity contribution in [2.45, 2.75) is 38.8 Å². The Bertz CT molecular complexity index is 1350. The van der Waals surface area contributed by atoms with Gasteiger partial charge in [-0.05, 0) is 43.5 Å². The summed E-state index contributed by atoms with van der Waals surface area (Å²) in [5, 5.41) is 19.0. The second kappa shape index (κ2) is 9.85. The summed E-state index contributed by atoms with van der Waals surface area (Å²) in [5.41, 5.74) is 2.75. The molecule has 5 rings (SSSR count). The summed E-state index contributed by atoms with van der Waals surface area (Å²) >= 11 is 0. The average Bonchev–Trinajstić information content (AvgIpc) is 3.42. The Morgan fingerprint density at radius 1 is 1.14 bits per heavy atom. The molecule has 1 unspecified atom stereocenters. The molecule has 0 saturated carbocycles. The lowest BCUT2D eigenvalue weighted by Gasteiger charge is -2.41. The molecule has 0 bridgehead atoms. The van der Waals surface area contributed by atoms with Crippen LogP contribution in [-0.2, 0) is 6.42 Å². The highest BCUT2D eigenvalue weighted by atomic mass is 19.1. The quantitative estimate of drug-likeness (QED) is 0.544. The SMILES string of the molecule is Cc1nn(-c2cc(OC3CN(C(=O)N4N=CCC4c4cc(F)cc(F)c4)C3)c(F)cn2)c(C)c1CCO. The third kappa shape index (κ3) is 4.76. The zero-order valence-electron chi connectivity index (χ0n) is 20.2.